The van der Waals surface area contributed by atoms with Gasteiger partial charge in [-0.3, -0.25) is 4.79 Å². The van der Waals surface area contributed by atoms with E-state index in [-0.39, 0.29) is 11.9 Å². The van der Waals surface area contributed by atoms with Crippen molar-refractivity contribution in [2.45, 2.75) is 25.9 Å². The van der Waals surface area contributed by atoms with Gasteiger partial charge in [-0.05, 0) is 31.5 Å². The van der Waals surface area contributed by atoms with Crippen LogP contribution in [0.2, 0.25) is 0 Å². The number of benzene rings is 1. The van der Waals surface area contributed by atoms with Crippen LogP contribution in [0.3, 0.4) is 0 Å². The van der Waals surface area contributed by atoms with Gasteiger partial charge in [0.05, 0.1) is 19.2 Å². The molecule has 4 nitrogen and oxygen atoms in total. The summed E-state index contributed by atoms with van der Waals surface area (Å²) < 4.78 is 5.06. The fourth-order valence-electron chi connectivity index (χ4n) is 1.32. The molecule has 0 spiro atoms. The minimum Gasteiger partial charge on any atom is -0.497 e. The second-order valence-electron chi connectivity index (χ2n) is 3.79. The van der Waals surface area contributed by atoms with Crippen LogP contribution in [0.25, 0.3) is 0 Å². The van der Waals surface area contributed by atoms with Crippen LogP contribution in [0.5, 0.6) is 5.75 Å². The second kappa shape index (κ2) is 5.51. The number of nitrogens with two attached hydrogens (primary N) is 1. The zero-order valence-corrected chi connectivity index (χ0v) is 9.86. The highest BCUT2D eigenvalue weighted by molar-refractivity contribution is 5.81. The van der Waals surface area contributed by atoms with Crippen LogP contribution >= 0.6 is 0 Å². The zero-order valence-electron chi connectivity index (χ0n) is 9.86. The Morgan fingerprint density at radius 1 is 1.31 bits per heavy atom. The molecule has 0 heterocycles. The molecule has 0 radical (unpaired) electrons. The van der Waals surface area contributed by atoms with Gasteiger partial charge in [-0.25, -0.2) is 0 Å². The monoisotopic (exact) mass is 222 g/mol. The minimum absolute atomic E-state index is 0.0515. The Morgan fingerprint density at radius 3 is 2.31 bits per heavy atom. The van der Waals surface area contributed by atoms with Crippen LogP contribution < -0.4 is 15.8 Å². The average molecular weight is 222 g/mol. The van der Waals surface area contributed by atoms with Crippen LogP contribution in [0.15, 0.2) is 24.3 Å². The molecule has 2 atom stereocenters. The molecule has 0 aliphatic heterocycles. The molecule has 1 rings (SSSR count). The highest BCUT2D eigenvalue weighted by Crippen LogP contribution is 2.17. The van der Waals surface area contributed by atoms with E-state index in [1.807, 2.05) is 31.2 Å². The molecule has 1 aromatic carbocycles. The first-order valence-corrected chi connectivity index (χ1v) is 5.24. The summed E-state index contributed by atoms with van der Waals surface area (Å²) in [7, 11) is 1.62. The van der Waals surface area contributed by atoms with E-state index < -0.39 is 6.04 Å². The molecule has 0 saturated heterocycles. The highest BCUT2D eigenvalue weighted by Gasteiger charge is 2.12. The Hall–Kier alpha value is -1.55. The molecule has 0 aliphatic rings. The summed E-state index contributed by atoms with van der Waals surface area (Å²) >= 11 is 0. The molecule has 88 valence electrons. The number of ether oxygens (including phenoxy) is 1. The standard InChI is InChI=1S/C12H18N2O2/c1-8(13)12(15)14-9(2)10-4-6-11(16-3)7-5-10/h4-9H,13H2,1-3H3,(H,14,15)/t8?,9-/m0/s1. The smallest absolute Gasteiger partial charge is 0.237 e. The van der Waals surface area contributed by atoms with E-state index in [2.05, 4.69) is 5.32 Å². The molecular formula is C12H18N2O2. The van der Waals surface area contributed by atoms with Crippen LogP contribution in [-0.4, -0.2) is 19.1 Å². The predicted octanol–water partition coefficient (Wildman–Crippen LogP) is 1.22. The molecule has 0 fully saturated rings. The number of hydrogen-bond donors (Lipinski definition) is 2. The largest absolute Gasteiger partial charge is 0.497 e. The van der Waals surface area contributed by atoms with Gasteiger partial charge in [-0.15, -0.1) is 0 Å². The van der Waals surface area contributed by atoms with E-state index in [0.717, 1.165) is 11.3 Å². The van der Waals surface area contributed by atoms with E-state index >= 15 is 0 Å². The van der Waals surface area contributed by atoms with Gasteiger partial charge >= 0.3 is 0 Å². The fourth-order valence-corrected chi connectivity index (χ4v) is 1.32. The number of nitrogens with one attached hydrogen (secondary N) is 1. The first-order valence-electron chi connectivity index (χ1n) is 5.24. The Bertz CT molecular complexity index is 347. The minimum atomic E-state index is -0.485. The molecule has 0 aliphatic carbocycles. The van der Waals surface area contributed by atoms with Gasteiger partial charge in [0.2, 0.25) is 5.91 Å². The number of carbonyl (C=O) groups excluding carboxylic acids is 1. The SMILES string of the molecule is COc1ccc([C@H](C)NC(=O)C(C)N)cc1. The molecule has 16 heavy (non-hydrogen) atoms. The summed E-state index contributed by atoms with van der Waals surface area (Å²) in [4.78, 5) is 11.4. The van der Waals surface area contributed by atoms with Gasteiger partial charge < -0.3 is 15.8 Å². The Balaban J connectivity index is 2.65. The highest BCUT2D eigenvalue weighted by atomic mass is 16.5. The van der Waals surface area contributed by atoms with Crippen molar-refractivity contribution in [3.05, 3.63) is 29.8 Å². The van der Waals surface area contributed by atoms with Gasteiger partial charge in [0, 0.05) is 0 Å². The number of rotatable bonds is 4. The van der Waals surface area contributed by atoms with Crippen molar-refractivity contribution < 1.29 is 9.53 Å². The van der Waals surface area contributed by atoms with Gasteiger partial charge in [0.15, 0.2) is 0 Å². The summed E-state index contributed by atoms with van der Waals surface area (Å²) in [5.74, 6) is 0.651. The zero-order chi connectivity index (χ0) is 12.1. The third kappa shape index (κ3) is 3.24. The number of hydrogen-bond acceptors (Lipinski definition) is 3. The first kappa shape index (κ1) is 12.5. The lowest BCUT2D eigenvalue weighted by Crippen LogP contribution is -2.39. The second-order valence-corrected chi connectivity index (χ2v) is 3.79. The summed E-state index contributed by atoms with van der Waals surface area (Å²) in [6, 6.07) is 7.04. The number of carbonyl (C=O) groups is 1. The summed E-state index contributed by atoms with van der Waals surface area (Å²) in [5.41, 5.74) is 6.50. The van der Waals surface area contributed by atoms with Crippen molar-refractivity contribution >= 4 is 5.91 Å². The first-order chi connectivity index (χ1) is 7.54. The Morgan fingerprint density at radius 2 is 1.88 bits per heavy atom. The molecule has 0 bridgehead atoms. The van der Waals surface area contributed by atoms with Gasteiger partial charge in [0.1, 0.15) is 5.75 Å². The van der Waals surface area contributed by atoms with Crippen LogP contribution in [0.4, 0.5) is 0 Å². The van der Waals surface area contributed by atoms with Crippen LogP contribution in [0, 0.1) is 0 Å². The topological polar surface area (TPSA) is 64.3 Å². The number of amides is 1. The van der Waals surface area contributed by atoms with Crippen molar-refractivity contribution in [1.82, 2.24) is 5.32 Å². The third-order valence-corrected chi connectivity index (χ3v) is 2.39. The van der Waals surface area contributed by atoms with Crippen molar-refractivity contribution in [2.75, 3.05) is 7.11 Å². The van der Waals surface area contributed by atoms with Crippen LogP contribution in [-0.2, 0) is 4.79 Å². The van der Waals surface area contributed by atoms with Crippen molar-refractivity contribution in [1.29, 1.82) is 0 Å². The quantitative estimate of drug-likeness (QED) is 0.805. The van der Waals surface area contributed by atoms with Crippen molar-refractivity contribution in [3.8, 4) is 5.75 Å². The molecule has 3 N–H and O–H groups in total. The normalized spacial score (nSPS) is 14.0. The molecule has 1 unspecified atom stereocenters. The predicted molar refractivity (Wildman–Crippen MR) is 63.2 cm³/mol. The fraction of sp³-hybridized carbons (Fsp3) is 0.417. The lowest BCUT2D eigenvalue weighted by molar-refractivity contribution is -0.122. The van der Waals surface area contributed by atoms with Gasteiger partial charge in [-0.1, -0.05) is 12.1 Å². The molecule has 1 amide bonds. The maximum Gasteiger partial charge on any atom is 0.237 e. The van der Waals surface area contributed by atoms with Crippen molar-refractivity contribution in [3.63, 3.8) is 0 Å². The van der Waals surface area contributed by atoms with Gasteiger partial charge in [0.25, 0.3) is 0 Å². The maximum atomic E-state index is 11.4. The summed E-state index contributed by atoms with van der Waals surface area (Å²) in [6.07, 6.45) is 0. The van der Waals surface area contributed by atoms with Crippen molar-refractivity contribution in [2.24, 2.45) is 5.73 Å². The molecule has 0 aromatic heterocycles. The Kier molecular flexibility index (Phi) is 4.31. The third-order valence-electron chi connectivity index (χ3n) is 2.39. The Labute approximate surface area is 95.8 Å². The summed E-state index contributed by atoms with van der Waals surface area (Å²) in [6.45, 7) is 3.58. The van der Waals surface area contributed by atoms with E-state index in [0.29, 0.717) is 0 Å². The molecular weight excluding hydrogens is 204 g/mol. The molecule has 1 aromatic rings. The maximum absolute atomic E-state index is 11.4. The van der Waals surface area contributed by atoms with E-state index in [1.165, 1.54) is 0 Å². The average Bonchev–Trinajstić information content (AvgIpc) is 2.28. The number of methoxy groups -OCH3 is 1. The van der Waals surface area contributed by atoms with E-state index in [9.17, 15) is 4.79 Å². The molecule has 0 saturated carbocycles. The van der Waals surface area contributed by atoms with E-state index in [4.69, 9.17) is 10.5 Å². The lowest BCUT2D eigenvalue weighted by atomic mass is 10.1. The van der Waals surface area contributed by atoms with E-state index in [1.54, 1.807) is 14.0 Å². The summed E-state index contributed by atoms with van der Waals surface area (Å²) in [5, 5.41) is 2.83. The van der Waals surface area contributed by atoms with Gasteiger partial charge in [-0.2, -0.15) is 0 Å². The van der Waals surface area contributed by atoms with Crippen LogP contribution in [0.1, 0.15) is 25.5 Å². The molecule has 4 heteroatoms. The lowest BCUT2D eigenvalue weighted by Gasteiger charge is -2.16.